The minimum absolute atomic E-state index is 0.137. The molecule has 0 aromatic carbocycles. The SMILES string of the molecule is CN(C)CCN(C)CCCCC(C)(C)C(=N)N. The molecule has 0 bridgehead atoms. The molecule has 0 spiro atoms. The Bertz CT molecular complexity index is 223. The number of rotatable bonds is 9. The van der Waals surface area contributed by atoms with Crippen LogP contribution in [0.25, 0.3) is 0 Å². The second-order valence-electron chi connectivity index (χ2n) is 5.86. The molecule has 17 heavy (non-hydrogen) atoms. The van der Waals surface area contributed by atoms with Crippen LogP contribution in [0.1, 0.15) is 33.1 Å². The molecule has 0 aliphatic carbocycles. The van der Waals surface area contributed by atoms with Crippen LogP contribution in [0.5, 0.6) is 0 Å². The van der Waals surface area contributed by atoms with Crippen LogP contribution in [-0.4, -0.2) is 56.4 Å². The summed E-state index contributed by atoms with van der Waals surface area (Å²) in [5.41, 5.74) is 5.42. The maximum absolute atomic E-state index is 7.49. The molecule has 0 heterocycles. The first kappa shape index (κ1) is 16.4. The number of hydrogen-bond donors (Lipinski definition) is 2. The molecule has 4 nitrogen and oxygen atoms in total. The molecule has 0 aromatic rings. The van der Waals surface area contributed by atoms with Gasteiger partial charge in [0.05, 0.1) is 5.84 Å². The number of unbranched alkanes of at least 4 members (excludes halogenated alkanes) is 1. The predicted octanol–water partition coefficient (Wildman–Crippen LogP) is 1.61. The van der Waals surface area contributed by atoms with Crippen LogP contribution < -0.4 is 5.73 Å². The fourth-order valence-electron chi connectivity index (χ4n) is 1.57. The van der Waals surface area contributed by atoms with Gasteiger partial charge in [-0.2, -0.15) is 0 Å². The number of nitrogens with one attached hydrogen (secondary N) is 1. The first-order chi connectivity index (χ1) is 7.75. The smallest absolute Gasteiger partial charge is 0.0963 e. The van der Waals surface area contributed by atoms with Crippen molar-refractivity contribution in [2.24, 2.45) is 11.1 Å². The van der Waals surface area contributed by atoms with E-state index in [0.717, 1.165) is 32.5 Å². The normalized spacial score (nSPS) is 12.4. The number of hydrogen-bond acceptors (Lipinski definition) is 3. The Kier molecular flexibility index (Phi) is 7.39. The van der Waals surface area contributed by atoms with Gasteiger partial charge in [-0.15, -0.1) is 0 Å². The van der Waals surface area contributed by atoms with Crippen molar-refractivity contribution in [3.8, 4) is 0 Å². The highest BCUT2D eigenvalue weighted by atomic mass is 15.1. The molecule has 0 atom stereocenters. The van der Waals surface area contributed by atoms with Crippen LogP contribution in [0.2, 0.25) is 0 Å². The predicted molar refractivity (Wildman–Crippen MR) is 75.6 cm³/mol. The lowest BCUT2D eigenvalue weighted by Gasteiger charge is -2.24. The molecule has 102 valence electrons. The fourth-order valence-corrected chi connectivity index (χ4v) is 1.57. The molecule has 4 heteroatoms. The summed E-state index contributed by atoms with van der Waals surface area (Å²) >= 11 is 0. The molecule has 0 saturated heterocycles. The third-order valence-corrected chi connectivity index (χ3v) is 3.25. The lowest BCUT2D eigenvalue weighted by atomic mass is 9.86. The zero-order chi connectivity index (χ0) is 13.5. The summed E-state index contributed by atoms with van der Waals surface area (Å²) in [4.78, 5) is 4.57. The number of likely N-dealkylation sites (N-methyl/N-ethyl adjacent to an activating group) is 2. The average molecular weight is 242 g/mol. The molecule has 0 aromatic heterocycles. The van der Waals surface area contributed by atoms with Gasteiger partial charge in [0.15, 0.2) is 0 Å². The lowest BCUT2D eigenvalue weighted by molar-refractivity contribution is 0.273. The Morgan fingerprint density at radius 2 is 1.65 bits per heavy atom. The molecule has 0 aliphatic heterocycles. The van der Waals surface area contributed by atoms with Crippen LogP contribution in [-0.2, 0) is 0 Å². The summed E-state index contributed by atoms with van der Waals surface area (Å²) in [6.45, 7) is 7.44. The van der Waals surface area contributed by atoms with Crippen molar-refractivity contribution >= 4 is 5.84 Å². The first-order valence-corrected chi connectivity index (χ1v) is 6.43. The third kappa shape index (κ3) is 8.16. The first-order valence-electron chi connectivity index (χ1n) is 6.43. The Morgan fingerprint density at radius 3 is 2.12 bits per heavy atom. The minimum Gasteiger partial charge on any atom is -0.387 e. The van der Waals surface area contributed by atoms with Crippen molar-refractivity contribution in [3.05, 3.63) is 0 Å². The zero-order valence-electron chi connectivity index (χ0n) is 12.2. The van der Waals surface area contributed by atoms with Crippen molar-refractivity contribution in [2.75, 3.05) is 40.8 Å². The van der Waals surface area contributed by atoms with Crippen LogP contribution in [0.4, 0.5) is 0 Å². The summed E-state index contributed by atoms with van der Waals surface area (Å²) in [6.07, 6.45) is 3.32. The molecule has 3 N–H and O–H groups in total. The lowest BCUT2D eigenvalue weighted by Crippen LogP contribution is -2.31. The zero-order valence-corrected chi connectivity index (χ0v) is 12.2. The molecule has 0 aliphatic rings. The molecular formula is C13H30N4. The van der Waals surface area contributed by atoms with Crippen LogP contribution in [0.15, 0.2) is 0 Å². The highest BCUT2D eigenvalue weighted by molar-refractivity contribution is 5.82. The quantitative estimate of drug-likeness (QED) is 0.367. The van der Waals surface area contributed by atoms with E-state index in [2.05, 4.69) is 30.9 Å². The second-order valence-corrected chi connectivity index (χ2v) is 5.86. The van der Waals surface area contributed by atoms with Gasteiger partial charge in [-0.25, -0.2) is 0 Å². The van der Waals surface area contributed by atoms with E-state index in [9.17, 15) is 0 Å². The maximum atomic E-state index is 7.49. The molecule has 0 radical (unpaired) electrons. The van der Waals surface area contributed by atoms with Gasteiger partial charge in [0.25, 0.3) is 0 Å². The van der Waals surface area contributed by atoms with E-state index in [1.807, 2.05) is 13.8 Å². The van der Waals surface area contributed by atoms with Gasteiger partial charge in [0, 0.05) is 18.5 Å². The van der Waals surface area contributed by atoms with Gasteiger partial charge in [-0.3, -0.25) is 5.41 Å². The van der Waals surface area contributed by atoms with Crippen molar-refractivity contribution in [3.63, 3.8) is 0 Å². The number of nitrogens with two attached hydrogens (primary N) is 1. The van der Waals surface area contributed by atoms with Crippen molar-refractivity contribution in [1.29, 1.82) is 5.41 Å². The van der Waals surface area contributed by atoms with Gasteiger partial charge >= 0.3 is 0 Å². The number of amidine groups is 1. The molecule has 0 amide bonds. The van der Waals surface area contributed by atoms with E-state index in [-0.39, 0.29) is 5.41 Å². The Morgan fingerprint density at radius 1 is 1.06 bits per heavy atom. The highest BCUT2D eigenvalue weighted by Gasteiger charge is 2.20. The van der Waals surface area contributed by atoms with Crippen LogP contribution >= 0.6 is 0 Å². The van der Waals surface area contributed by atoms with E-state index < -0.39 is 0 Å². The largest absolute Gasteiger partial charge is 0.387 e. The molecule has 0 saturated carbocycles. The van der Waals surface area contributed by atoms with Gasteiger partial charge < -0.3 is 15.5 Å². The summed E-state index contributed by atoms with van der Waals surface area (Å²) in [5, 5.41) is 7.49. The van der Waals surface area contributed by atoms with Crippen LogP contribution in [0.3, 0.4) is 0 Å². The Labute approximate surface area is 107 Å². The Balaban J connectivity index is 3.61. The second kappa shape index (κ2) is 7.67. The highest BCUT2D eigenvalue weighted by Crippen LogP contribution is 2.22. The van der Waals surface area contributed by atoms with E-state index in [1.54, 1.807) is 0 Å². The van der Waals surface area contributed by atoms with Gasteiger partial charge in [-0.1, -0.05) is 20.3 Å². The summed E-state index contributed by atoms with van der Waals surface area (Å²) in [6, 6.07) is 0. The van der Waals surface area contributed by atoms with Crippen molar-refractivity contribution in [2.45, 2.75) is 33.1 Å². The monoisotopic (exact) mass is 242 g/mol. The van der Waals surface area contributed by atoms with E-state index >= 15 is 0 Å². The number of nitrogens with zero attached hydrogens (tertiary/aromatic N) is 2. The maximum Gasteiger partial charge on any atom is 0.0963 e. The average Bonchev–Trinajstić information content (AvgIpc) is 2.21. The third-order valence-electron chi connectivity index (χ3n) is 3.25. The van der Waals surface area contributed by atoms with Gasteiger partial charge in [0.1, 0.15) is 0 Å². The molecule has 0 rings (SSSR count). The van der Waals surface area contributed by atoms with Crippen molar-refractivity contribution < 1.29 is 0 Å². The molecule has 0 fully saturated rings. The topological polar surface area (TPSA) is 56.4 Å². The summed E-state index contributed by atoms with van der Waals surface area (Å²) in [5.74, 6) is 0.304. The van der Waals surface area contributed by atoms with Crippen LogP contribution in [0, 0.1) is 10.8 Å². The van der Waals surface area contributed by atoms with Gasteiger partial charge in [-0.05, 0) is 40.5 Å². The molecule has 0 unspecified atom stereocenters. The standard InChI is InChI=1S/C13H30N4/c1-13(2,12(14)15)8-6-7-9-17(5)11-10-16(3)4/h6-11H2,1-5H3,(H3,14,15). The Hall–Kier alpha value is -0.610. The van der Waals surface area contributed by atoms with E-state index in [1.165, 1.54) is 6.42 Å². The molecular weight excluding hydrogens is 212 g/mol. The fraction of sp³-hybridized carbons (Fsp3) is 0.923. The summed E-state index contributed by atoms with van der Waals surface area (Å²) in [7, 11) is 6.37. The van der Waals surface area contributed by atoms with Gasteiger partial charge in [0.2, 0.25) is 0 Å². The summed E-state index contributed by atoms with van der Waals surface area (Å²) < 4.78 is 0. The minimum atomic E-state index is -0.137. The van der Waals surface area contributed by atoms with E-state index in [4.69, 9.17) is 11.1 Å². The van der Waals surface area contributed by atoms with Crippen molar-refractivity contribution in [1.82, 2.24) is 9.80 Å². The van der Waals surface area contributed by atoms with E-state index in [0.29, 0.717) is 5.84 Å².